The third-order valence-corrected chi connectivity index (χ3v) is 9.67. The van der Waals surface area contributed by atoms with E-state index in [1.165, 1.54) is 17.0 Å². The van der Waals surface area contributed by atoms with Gasteiger partial charge in [0.1, 0.15) is 6.04 Å². The number of amides is 2. The summed E-state index contributed by atoms with van der Waals surface area (Å²) in [6.45, 7) is 4.54. The summed E-state index contributed by atoms with van der Waals surface area (Å²) in [4.78, 5) is 29.7. The first-order valence-electron chi connectivity index (χ1n) is 15.9. The molecule has 1 fully saturated rings. The number of nitrogens with zero attached hydrogens (tertiary/aromatic N) is 2. The molecule has 0 bridgehead atoms. The number of carbonyl (C=O) groups excluding carboxylic acids is 2. The predicted octanol–water partition coefficient (Wildman–Crippen LogP) is 6.19. The second-order valence-electron chi connectivity index (χ2n) is 12.0. The van der Waals surface area contributed by atoms with Gasteiger partial charge in [0.15, 0.2) is 0 Å². The third kappa shape index (κ3) is 9.68. The molecule has 236 valence electrons. The molecule has 0 heterocycles. The Morgan fingerprint density at radius 1 is 0.864 bits per heavy atom. The SMILES string of the molecule is CCc1ccc(N(CCCC(=O)N(Cc2ccc(C)cc2)C(Cc2ccccc2)C(=O)NC2CCCCC2)S(C)(=O)=O)cc1. The molecule has 2 amide bonds. The van der Waals surface area contributed by atoms with Gasteiger partial charge in [-0.15, -0.1) is 0 Å². The Morgan fingerprint density at radius 2 is 1.50 bits per heavy atom. The van der Waals surface area contributed by atoms with Crippen molar-refractivity contribution in [2.24, 2.45) is 0 Å². The summed E-state index contributed by atoms with van der Waals surface area (Å²) < 4.78 is 26.8. The number of sulfonamides is 1. The summed E-state index contributed by atoms with van der Waals surface area (Å²) in [6.07, 6.45) is 8.19. The van der Waals surface area contributed by atoms with Crippen LogP contribution >= 0.6 is 0 Å². The van der Waals surface area contributed by atoms with Crippen molar-refractivity contribution in [2.45, 2.75) is 90.3 Å². The van der Waals surface area contributed by atoms with Gasteiger partial charge in [0.25, 0.3) is 0 Å². The molecule has 0 radical (unpaired) electrons. The highest BCUT2D eigenvalue weighted by atomic mass is 32.2. The van der Waals surface area contributed by atoms with E-state index in [2.05, 4.69) is 12.2 Å². The standard InChI is InChI=1S/C36H47N3O4S/c1-4-29-21-23-33(24-22-29)39(44(3,42)43)25-11-16-35(40)38(27-31-19-17-28(2)18-20-31)34(26-30-12-7-5-8-13-30)36(41)37-32-14-9-6-10-15-32/h5,7-8,12-13,17-24,32,34H,4,6,9-11,14-16,25-27H2,1-3H3,(H,37,41). The van der Waals surface area contributed by atoms with Gasteiger partial charge in [0, 0.05) is 32.0 Å². The van der Waals surface area contributed by atoms with Gasteiger partial charge in [-0.05, 0) is 61.4 Å². The van der Waals surface area contributed by atoms with Gasteiger partial charge in [-0.25, -0.2) is 8.42 Å². The maximum Gasteiger partial charge on any atom is 0.243 e. The number of nitrogens with one attached hydrogen (secondary N) is 1. The summed E-state index contributed by atoms with van der Waals surface area (Å²) in [5.41, 5.74) is 4.76. The minimum Gasteiger partial charge on any atom is -0.352 e. The molecule has 1 atom stereocenters. The van der Waals surface area contributed by atoms with Crippen LogP contribution in [0.1, 0.15) is 74.1 Å². The van der Waals surface area contributed by atoms with Crippen molar-refractivity contribution in [3.63, 3.8) is 0 Å². The van der Waals surface area contributed by atoms with Crippen molar-refractivity contribution in [1.82, 2.24) is 10.2 Å². The molecule has 0 spiro atoms. The lowest BCUT2D eigenvalue weighted by molar-refractivity contribution is -0.141. The van der Waals surface area contributed by atoms with Crippen LogP contribution in [0.4, 0.5) is 5.69 Å². The van der Waals surface area contributed by atoms with E-state index in [1.54, 1.807) is 4.90 Å². The van der Waals surface area contributed by atoms with Gasteiger partial charge >= 0.3 is 0 Å². The average molecular weight is 618 g/mol. The smallest absolute Gasteiger partial charge is 0.243 e. The first-order chi connectivity index (χ1) is 21.1. The topological polar surface area (TPSA) is 86.8 Å². The Morgan fingerprint density at radius 3 is 2.11 bits per heavy atom. The van der Waals surface area contributed by atoms with Crippen molar-refractivity contribution in [3.8, 4) is 0 Å². The van der Waals surface area contributed by atoms with E-state index in [0.29, 0.717) is 25.1 Å². The summed E-state index contributed by atoms with van der Waals surface area (Å²) >= 11 is 0. The molecule has 44 heavy (non-hydrogen) atoms. The van der Waals surface area contributed by atoms with Crippen LogP contribution in [-0.4, -0.2) is 50.0 Å². The molecule has 3 aromatic rings. The largest absolute Gasteiger partial charge is 0.352 e. The van der Waals surface area contributed by atoms with Crippen LogP contribution in [0.3, 0.4) is 0 Å². The number of hydrogen-bond donors (Lipinski definition) is 1. The van der Waals surface area contributed by atoms with Crippen LogP contribution in [0.5, 0.6) is 0 Å². The molecule has 3 aromatic carbocycles. The predicted molar refractivity (Wildman–Crippen MR) is 178 cm³/mol. The number of aryl methyl sites for hydroxylation is 2. The first-order valence-corrected chi connectivity index (χ1v) is 17.7. The highest BCUT2D eigenvalue weighted by Gasteiger charge is 2.32. The van der Waals surface area contributed by atoms with E-state index in [-0.39, 0.29) is 30.8 Å². The maximum atomic E-state index is 14.1. The lowest BCUT2D eigenvalue weighted by atomic mass is 9.94. The number of carbonyl (C=O) groups is 2. The van der Waals surface area contributed by atoms with E-state index >= 15 is 0 Å². The van der Waals surface area contributed by atoms with Crippen LogP contribution in [0.2, 0.25) is 0 Å². The van der Waals surface area contributed by atoms with E-state index in [1.807, 2.05) is 85.8 Å². The first kappa shape index (κ1) is 33.2. The zero-order valence-electron chi connectivity index (χ0n) is 26.4. The molecule has 0 aliphatic heterocycles. The summed E-state index contributed by atoms with van der Waals surface area (Å²) in [6, 6.07) is 24.8. The Balaban J connectivity index is 1.57. The molecule has 4 rings (SSSR count). The number of anilines is 1. The summed E-state index contributed by atoms with van der Waals surface area (Å²) in [7, 11) is -3.55. The number of benzene rings is 3. The van der Waals surface area contributed by atoms with Crippen molar-refractivity contribution in [2.75, 3.05) is 17.1 Å². The Bertz CT molecular complexity index is 1450. The minimum atomic E-state index is -3.55. The average Bonchev–Trinajstić information content (AvgIpc) is 3.02. The highest BCUT2D eigenvalue weighted by molar-refractivity contribution is 7.92. The van der Waals surface area contributed by atoms with Crippen molar-refractivity contribution < 1.29 is 18.0 Å². The van der Waals surface area contributed by atoms with Crippen molar-refractivity contribution >= 4 is 27.5 Å². The molecule has 1 unspecified atom stereocenters. The van der Waals surface area contributed by atoms with Crippen LogP contribution in [-0.2, 0) is 39.0 Å². The highest BCUT2D eigenvalue weighted by Crippen LogP contribution is 2.22. The fraction of sp³-hybridized carbons (Fsp3) is 0.444. The van der Waals surface area contributed by atoms with Crippen molar-refractivity contribution in [3.05, 3.63) is 101 Å². The van der Waals surface area contributed by atoms with E-state index in [4.69, 9.17) is 0 Å². The van der Waals surface area contributed by atoms with E-state index in [0.717, 1.165) is 54.4 Å². The maximum absolute atomic E-state index is 14.1. The fourth-order valence-electron chi connectivity index (χ4n) is 5.89. The third-order valence-electron chi connectivity index (χ3n) is 8.48. The van der Waals surface area contributed by atoms with Gasteiger partial charge in [-0.3, -0.25) is 13.9 Å². The van der Waals surface area contributed by atoms with Crippen LogP contribution in [0, 0.1) is 6.92 Å². The Labute approximate surface area is 263 Å². The number of hydrogen-bond acceptors (Lipinski definition) is 4. The Hall–Kier alpha value is -3.65. The Kier molecular flexibility index (Phi) is 12.0. The molecule has 7 nitrogen and oxygen atoms in total. The molecule has 8 heteroatoms. The van der Waals surface area contributed by atoms with Gasteiger partial charge in [0.05, 0.1) is 11.9 Å². The van der Waals surface area contributed by atoms with Gasteiger partial charge in [0.2, 0.25) is 21.8 Å². The molecule has 0 aromatic heterocycles. The molecule has 1 saturated carbocycles. The number of rotatable bonds is 14. The van der Waals surface area contributed by atoms with Crippen LogP contribution in [0.15, 0.2) is 78.9 Å². The molecule has 1 aliphatic rings. The minimum absolute atomic E-state index is 0.118. The zero-order valence-corrected chi connectivity index (χ0v) is 27.2. The second kappa shape index (κ2) is 15.9. The van der Waals surface area contributed by atoms with E-state index < -0.39 is 16.1 Å². The molecular weight excluding hydrogens is 570 g/mol. The fourth-order valence-corrected chi connectivity index (χ4v) is 6.86. The van der Waals surface area contributed by atoms with Crippen molar-refractivity contribution in [1.29, 1.82) is 0 Å². The lowest BCUT2D eigenvalue weighted by Gasteiger charge is -2.34. The van der Waals surface area contributed by atoms with Gasteiger partial charge < -0.3 is 10.2 Å². The molecule has 0 saturated heterocycles. The summed E-state index contributed by atoms with van der Waals surface area (Å²) in [5, 5.41) is 3.27. The van der Waals surface area contributed by atoms with E-state index in [9.17, 15) is 18.0 Å². The quantitative estimate of drug-likeness (QED) is 0.234. The van der Waals surface area contributed by atoms with Crippen LogP contribution < -0.4 is 9.62 Å². The second-order valence-corrected chi connectivity index (χ2v) is 13.9. The lowest BCUT2D eigenvalue weighted by Crippen LogP contribution is -2.52. The summed E-state index contributed by atoms with van der Waals surface area (Å²) in [5.74, 6) is -0.296. The van der Waals surface area contributed by atoms with Gasteiger partial charge in [-0.1, -0.05) is 98.5 Å². The normalized spacial score (nSPS) is 14.5. The molecular formula is C36H47N3O4S. The molecule has 1 aliphatic carbocycles. The monoisotopic (exact) mass is 617 g/mol. The van der Waals surface area contributed by atoms with Crippen LogP contribution in [0.25, 0.3) is 0 Å². The molecule has 1 N–H and O–H groups in total. The van der Waals surface area contributed by atoms with Gasteiger partial charge in [-0.2, -0.15) is 0 Å². The zero-order chi connectivity index (χ0) is 31.5.